The molecule has 2 N–H and O–H groups in total. The van der Waals surface area contributed by atoms with Gasteiger partial charge in [-0.15, -0.1) is 22.7 Å². The number of aromatic carboxylic acids is 2. The first kappa shape index (κ1) is 28.9. The average Bonchev–Trinajstić information content (AvgIpc) is 3.46. The maximum absolute atomic E-state index is 11.3. The molecule has 0 aromatic carbocycles. The SMILES string of the molecule is CCc1sc(C(=O)O)c2c1CC(CC)(CC)CC2.CCc1sc(C(=O)O)c2c1CC(CC)(CC)CC2. The Bertz CT molecular complexity index is 997. The number of hydrogen-bond acceptors (Lipinski definition) is 4. The van der Waals surface area contributed by atoms with Crippen molar-refractivity contribution in [3.05, 3.63) is 41.8 Å². The molecule has 0 saturated carbocycles. The predicted molar refractivity (Wildman–Crippen MR) is 151 cm³/mol. The predicted octanol–water partition coefficient (Wildman–Crippen LogP) is 8.61. The second-order valence-corrected chi connectivity index (χ2v) is 12.9. The molecule has 2 aliphatic carbocycles. The van der Waals surface area contributed by atoms with E-state index in [-0.39, 0.29) is 0 Å². The van der Waals surface area contributed by atoms with E-state index in [0.29, 0.717) is 20.6 Å². The zero-order valence-electron chi connectivity index (χ0n) is 23.0. The van der Waals surface area contributed by atoms with Gasteiger partial charge < -0.3 is 10.2 Å². The molecule has 2 aromatic rings. The van der Waals surface area contributed by atoms with Gasteiger partial charge in [0.05, 0.1) is 0 Å². The van der Waals surface area contributed by atoms with Crippen molar-refractivity contribution in [1.82, 2.24) is 0 Å². The fourth-order valence-electron chi connectivity index (χ4n) is 6.37. The van der Waals surface area contributed by atoms with Crippen molar-refractivity contribution in [3.63, 3.8) is 0 Å². The molecule has 6 heteroatoms. The molecule has 0 fully saturated rings. The Morgan fingerprint density at radius 3 is 1.22 bits per heavy atom. The Labute approximate surface area is 225 Å². The van der Waals surface area contributed by atoms with E-state index >= 15 is 0 Å². The van der Waals surface area contributed by atoms with E-state index in [1.165, 1.54) is 69.2 Å². The number of carboxylic acids is 2. The van der Waals surface area contributed by atoms with Crippen molar-refractivity contribution in [2.24, 2.45) is 10.8 Å². The molecule has 0 bridgehead atoms. The second-order valence-electron chi connectivity index (χ2n) is 10.7. The quantitative estimate of drug-likeness (QED) is 0.357. The summed E-state index contributed by atoms with van der Waals surface area (Å²) in [4.78, 5) is 26.4. The molecular formula is C30H44O4S2. The highest BCUT2D eigenvalue weighted by Gasteiger charge is 2.36. The van der Waals surface area contributed by atoms with Gasteiger partial charge in [-0.1, -0.05) is 67.2 Å². The van der Waals surface area contributed by atoms with Crippen LogP contribution in [0.4, 0.5) is 0 Å². The highest BCUT2D eigenvalue weighted by Crippen LogP contribution is 2.46. The van der Waals surface area contributed by atoms with Crippen molar-refractivity contribution in [3.8, 4) is 0 Å². The van der Waals surface area contributed by atoms with E-state index in [1.807, 2.05) is 0 Å². The summed E-state index contributed by atoms with van der Waals surface area (Å²) in [6.07, 6.45) is 13.1. The van der Waals surface area contributed by atoms with Crippen LogP contribution in [-0.4, -0.2) is 22.2 Å². The number of thiophene rings is 2. The van der Waals surface area contributed by atoms with E-state index in [1.54, 1.807) is 0 Å². The lowest BCUT2D eigenvalue weighted by atomic mass is 9.68. The summed E-state index contributed by atoms with van der Waals surface area (Å²) in [5.74, 6) is -1.48. The van der Waals surface area contributed by atoms with Crippen LogP contribution in [0.2, 0.25) is 0 Å². The van der Waals surface area contributed by atoms with Crippen LogP contribution >= 0.6 is 22.7 Å². The molecule has 0 spiro atoms. The van der Waals surface area contributed by atoms with Gasteiger partial charge in [0.1, 0.15) is 9.75 Å². The van der Waals surface area contributed by atoms with Crippen LogP contribution in [-0.2, 0) is 38.5 Å². The molecular weight excluding hydrogens is 488 g/mol. The van der Waals surface area contributed by atoms with Crippen molar-refractivity contribution in [2.75, 3.05) is 0 Å². The van der Waals surface area contributed by atoms with Crippen LogP contribution in [0.25, 0.3) is 0 Å². The van der Waals surface area contributed by atoms with Gasteiger partial charge in [-0.2, -0.15) is 0 Å². The fraction of sp³-hybridized carbons (Fsp3) is 0.667. The highest BCUT2D eigenvalue weighted by molar-refractivity contribution is 7.14. The van der Waals surface area contributed by atoms with E-state index in [9.17, 15) is 19.8 Å². The van der Waals surface area contributed by atoms with Crippen LogP contribution in [0.3, 0.4) is 0 Å². The molecule has 36 heavy (non-hydrogen) atoms. The van der Waals surface area contributed by atoms with Crippen LogP contribution in [0, 0.1) is 10.8 Å². The molecule has 4 rings (SSSR count). The minimum atomic E-state index is -0.739. The van der Waals surface area contributed by atoms with Crippen LogP contribution in [0.15, 0.2) is 0 Å². The van der Waals surface area contributed by atoms with E-state index < -0.39 is 11.9 Å². The Balaban J connectivity index is 0.000000201. The van der Waals surface area contributed by atoms with E-state index in [4.69, 9.17) is 0 Å². The summed E-state index contributed by atoms with van der Waals surface area (Å²) in [5.41, 5.74) is 5.84. The molecule has 2 aliphatic rings. The maximum Gasteiger partial charge on any atom is 0.346 e. The summed E-state index contributed by atoms with van der Waals surface area (Å²) in [6, 6.07) is 0. The largest absolute Gasteiger partial charge is 0.477 e. The van der Waals surface area contributed by atoms with Gasteiger partial charge in [-0.05, 0) is 84.5 Å². The third kappa shape index (κ3) is 5.45. The monoisotopic (exact) mass is 532 g/mol. The molecule has 4 nitrogen and oxygen atoms in total. The minimum absolute atomic E-state index is 0.410. The van der Waals surface area contributed by atoms with Gasteiger partial charge in [-0.3, -0.25) is 0 Å². The fourth-order valence-corrected chi connectivity index (χ4v) is 8.66. The number of rotatable bonds is 8. The van der Waals surface area contributed by atoms with Gasteiger partial charge in [0, 0.05) is 9.75 Å². The second kappa shape index (κ2) is 11.8. The topological polar surface area (TPSA) is 74.6 Å². The molecule has 200 valence electrons. The number of fused-ring (bicyclic) bond motifs is 2. The lowest BCUT2D eigenvalue weighted by Gasteiger charge is -2.36. The third-order valence-corrected chi connectivity index (χ3v) is 12.2. The normalized spacial score (nSPS) is 17.5. The van der Waals surface area contributed by atoms with Gasteiger partial charge >= 0.3 is 11.9 Å². The van der Waals surface area contributed by atoms with Crippen molar-refractivity contribution < 1.29 is 19.8 Å². The standard InChI is InChI=1S/2C15H22O2S/c2*1-4-12-11-9-15(5-2,6-3)8-7-10(11)13(18-12)14(16)17/h2*4-9H2,1-3H3,(H,16,17). The van der Waals surface area contributed by atoms with Gasteiger partial charge in [-0.25, -0.2) is 9.59 Å². The zero-order valence-corrected chi connectivity index (χ0v) is 24.6. The Hall–Kier alpha value is -1.66. The van der Waals surface area contributed by atoms with E-state index in [2.05, 4.69) is 41.5 Å². The first-order valence-electron chi connectivity index (χ1n) is 13.9. The van der Waals surface area contributed by atoms with Crippen LogP contribution in [0.5, 0.6) is 0 Å². The Morgan fingerprint density at radius 1 is 0.639 bits per heavy atom. The van der Waals surface area contributed by atoms with E-state index in [0.717, 1.165) is 62.5 Å². The Morgan fingerprint density at radius 2 is 0.972 bits per heavy atom. The molecule has 0 atom stereocenters. The summed E-state index contributed by atoms with van der Waals surface area (Å²) >= 11 is 3.01. The van der Waals surface area contributed by atoms with Crippen LogP contribution < -0.4 is 0 Å². The molecule has 2 aromatic heterocycles. The van der Waals surface area contributed by atoms with Gasteiger partial charge in [0.15, 0.2) is 0 Å². The molecule has 0 amide bonds. The number of carbonyl (C=O) groups is 2. The van der Waals surface area contributed by atoms with Crippen molar-refractivity contribution in [2.45, 2.75) is 119 Å². The molecule has 0 unspecified atom stereocenters. The highest BCUT2D eigenvalue weighted by atomic mass is 32.1. The summed E-state index contributed by atoms with van der Waals surface area (Å²) in [7, 11) is 0. The third-order valence-electron chi connectivity index (χ3n) is 9.35. The van der Waals surface area contributed by atoms with Crippen molar-refractivity contribution in [1.29, 1.82) is 0 Å². The smallest absolute Gasteiger partial charge is 0.346 e. The van der Waals surface area contributed by atoms with Gasteiger partial charge in [0.2, 0.25) is 0 Å². The molecule has 0 saturated heterocycles. The zero-order chi connectivity index (χ0) is 26.7. The first-order chi connectivity index (χ1) is 17.1. The van der Waals surface area contributed by atoms with Gasteiger partial charge in [0.25, 0.3) is 0 Å². The number of aryl methyl sites for hydroxylation is 2. The average molecular weight is 533 g/mol. The lowest BCUT2D eigenvalue weighted by Crippen LogP contribution is -2.28. The summed E-state index contributed by atoms with van der Waals surface area (Å²) in [6.45, 7) is 13.3. The van der Waals surface area contributed by atoms with Crippen LogP contribution in [0.1, 0.15) is 131 Å². The summed E-state index contributed by atoms with van der Waals surface area (Å²) < 4.78 is 0. The Kier molecular flexibility index (Phi) is 9.48. The first-order valence-corrected chi connectivity index (χ1v) is 15.5. The lowest BCUT2D eigenvalue weighted by molar-refractivity contribution is 0.0689. The number of carboxylic acid groups (broad SMARTS) is 2. The number of hydrogen-bond donors (Lipinski definition) is 2. The summed E-state index contributed by atoms with van der Waals surface area (Å²) in [5, 5.41) is 18.6. The minimum Gasteiger partial charge on any atom is -0.477 e. The maximum atomic E-state index is 11.3. The van der Waals surface area contributed by atoms with Crippen molar-refractivity contribution >= 4 is 34.6 Å². The molecule has 2 heterocycles. The molecule has 0 radical (unpaired) electrons. The molecule has 0 aliphatic heterocycles.